The highest BCUT2D eigenvalue weighted by atomic mass is 16.5. The Morgan fingerprint density at radius 1 is 1.18 bits per heavy atom. The lowest BCUT2D eigenvalue weighted by atomic mass is 9.94. The number of carboxylic acids is 1. The standard InChI is InChI=1S/C16H20O6/c17-11-7-10-8-12(5-3-1-2-4-6-14(19)20)22-16(21)15(10)13(18)9-11/h7,9,12,17-18H,1-6,8H2,(H,19,20)/t12-/m1/s1. The van der Waals surface area contributed by atoms with Crippen LogP contribution >= 0.6 is 0 Å². The van der Waals surface area contributed by atoms with E-state index in [1.807, 2.05) is 0 Å². The molecule has 0 aromatic heterocycles. The van der Waals surface area contributed by atoms with Gasteiger partial charge in [0, 0.05) is 18.9 Å². The Kier molecular flexibility index (Phi) is 5.25. The van der Waals surface area contributed by atoms with Crippen molar-refractivity contribution in [1.82, 2.24) is 0 Å². The number of phenols is 2. The molecule has 3 N–H and O–H groups in total. The lowest BCUT2D eigenvalue weighted by Gasteiger charge is -2.25. The summed E-state index contributed by atoms with van der Waals surface area (Å²) in [6.45, 7) is 0. The number of carbonyl (C=O) groups is 2. The molecule has 6 heteroatoms. The van der Waals surface area contributed by atoms with Crippen molar-refractivity contribution in [2.75, 3.05) is 0 Å². The fourth-order valence-electron chi connectivity index (χ4n) is 2.73. The Hall–Kier alpha value is -2.24. The van der Waals surface area contributed by atoms with Gasteiger partial charge in [-0.25, -0.2) is 4.79 Å². The summed E-state index contributed by atoms with van der Waals surface area (Å²) in [4.78, 5) is 22.3. The van der Waals surface area contributed by atoms with Gasteiger partial charge in [-0.3, -0.25) is 4.79 Å². The van der Waals surface area contributed by atoms with E-state index < -0.39 is 11.9 Å². The molecular formula is C16H20O6. The fourth-order valence-corrected chi connectivity index (χ4v) is 2.73. The van der Waals surface area contributed by atoms with Gasteiger partial charge in [0.2, 0.25) is 0 Å². The fraction of sp³-hybridized carbons (Fsp3) is 0.500. The molecule has 0 bridgehead atoms. The van der Waals surface area contributed by atoms with Crippen molar-refractivity contribution in [3.05, 3.63) is 23.3 Å². The SMILES string of the molecule is O=C(O)CCCCCC[C@@H]1Cc2cc(O)cc(O)c2C(=O)O1. The van der Waals surface area contributed by atoms with Gasteiger partial charge in [-0.05, 0) is 30.9 Å². The summed E-state index contributed by atoms with van der Waals surface area (Å²) in [7, 11) is 0. The Morgan fingerprint density at radius 2 is 1.91 bits per heavy atom. The third-order valence-corrected chi connectivity index (χ3v) is 3.78. The largest absolute Gasteiger partial charge is 0.508 e. The van der Waals surface area contributed by atoms with Crippen LogP contribution in [0, 0.1) is 0 Å². The summed E-state index contributed by atoms with van der Waals surface area (Å²) in [5.74, 6) is -1.67. The molecular weight excluding hydrogens is 288 g/mol. The first kappa shape index (κ1) is 16.1. The third kappa shape index (κ3) is 4.13. The van der Waals surface area contributed by atoms with E-state index in [9.17, 15) is 19.8 Å². The summed E-state index contributed by atoms with van der Waals surface area (Å²) in [6.07, 6.45) is 4.31. The zero-order valence-corrected chi connectivity index (χ0v) is 12.2. The smallest absolute Gasteiger partial charge is 0.342 e. The third-order valence-electron chi connectivity index (χ3n) is 3.78. The number of cyclic esters (lactones) is 1. The van der Waals surface area contributed by atoms with Gasteiger partial charge in [-0.1, -0.05) is 12.8 Å². The molecule has 0 amide bonds. The maximum absolute atomic E-state index is 11.9. The molecule has 1 heterocycles. The van der Waals surface area contributed by atoms with Gasteiger partial charge in [-0.15, -0.1) is 0 Å². The quantitative estimate of drug-likeness (QED) is 0.528. The molecule has 0 saturated heterocycles. The highest BCUT2D eigenvalue weighted by Crippen LogP contribution is 2.33. The van der Waals surface area contributed by atoms with Crippen LogP contribution in [0.1, 0.15) is 54.4 Å². The number of carboxylic acid groups (broad SMARTS) is 1. The van der Waals surface area contributed by atoms with E-state index in [2.05, 4.69) is 0 Å². The summed E-state index contributed by atoms with van der Waals surface area (Å²) in [5.41, 5.74) is 0.736. The minimum Gasteiger partial charge on any atom is -0.508 e. The highest BCUT2D eigenvalue weighted by molar-refractivity contribution is 5.95. The Morgan fingerprint density at radius 3 is 2.64 bits per heavy atom. The first-order valence-electron chi connectivity index (χ1n) is 7.45. The number of carbonyl (C=O) groups excluding carboxylic acids is 1. The molecule has 0 spiro atoms. The van der Waals surface area contributed by atoms with Crippen LogP contribution in [0.15, 0.2) is 12.1 Å². The Labute approximate surface area is 128 Å². The van der Waals surface area contributed by atoms with E-state index in [1.54, 1.807) is 0 Å². The molecule has 1 aliphatic rings. The maximum Gasteiger partial charge on any atom is 0.342 e. The number of hydrogen-bond acceptors (Lipinski definition) is 5. The van der Waals surface area contributed by atoms with Crippen LogP contribution in [0.4, 0.5) is 0 Å². The van der Waals surface area contributed by atoms with Crippen LogP contribution in [-0.2, 0) is 16.0 Å². The van der Waals surface area contributed by atoms with Crippen LogP contribution in [0.3, 0.4) is 0 Å². The van der Waals surface area contributed by atoms with E-state index in [-0.39, 0.29) is 29.6 Å². The van der Waals surface area contributed by atoms with Gasteiger partial charge in [-0.2, -0.15) is 0 Å². The molecule has 22 heavy (non-hydrogen) atoms. The van der Waals surface area contributed by atoms with E-state index in [4.69, 9.17) is 9.84 Å². The highest BCUT2D eigenvalue weighted by Gasteiger charge is 2.29. The van der Waals surface area contributed by atoms with E-state index in [1.165, 1.54) is 6.07 Å². The molecule has 2 rings (SSSR count). The number of hydrogen-bond donors (Lipinski definition) is 3. The molecule has 1 atom stereocenters. The first-order chi connectivity index (χ1) is 10.5. The number of fused-ring (bicyclic) bond motifs is 1. The minimum absolute atomic E-state index is 0.0710. The van der Waals surface area contributed by atoms with Crippen molar-refractivity contribution in [2.24, 2.45) is 0 Å². The van der Waals surface area contributed by atoms with E-state index in [0.717, 1.165) is 25.3 Å². The van der Waals surface area contributed by atoms with Gasteiger partial charge < -0.3 is 20.1 Å². The van der Waals surface area contributed by atoms with Crippen LogP contribution in [0.5, 0.6) is 11.5 Å². The number of ether oxygens (including phenoxy) is 1. The number of aromatic hydroxyl groups is 2. The number of benzene rings is 1. The van der Waals surface area contributed by atoms with Crippen molar-refractivity contribution < 1.29 is 29.6 Å². The molecule has 0 saturated carbocycles. The number of aliphatic carboxylic acids is 1. The topological polar surface area (TPSA) is 104 Å². The summed E-state index contributed by atoms with van der Waals surface area (Å²) in [5, 5.41) is 27.7. The predicted octanol–water partition coefficient (Wildman–Crippen LogP) is 2.60. The van der Waals surface area contributed by atoms with E-state index >= 15 is 0 Å². The van der Waals surface area contributed by atoms with Crippen LogP contribution < -0.4 is 0 Å². The zero-order valence-electron chi connectivity index (χ0n) is 12.2. The second-order valence-electron chi connectivity index (χ2n) is 5.58. The molecule has 0 radical (unpaired) electrons. The molecule has 0 unspecified atom stereocenters. The summed E-state index contributed by atoms with van der Waals surface area (Å²) >= 11 is 0. The van der Waals surface area contributed by atoms with Gasteiger partial charge in [0.15, 0.2) is 0 Å². The van der Waals surface area contributed by atoms with Crippen molar-refractivity contribution >= 4 is 11.9 Å². The van der Waals surface area contributed by atoms with Crippen molar-refractivity contribution in [2.45, 2.75) is 51.0 Å². The molecule has 6 nitrogen and oxygen atoms in total. The number of phenolic OH excluding ortho intramolecular Hbond substituents is 2. The van der Waals surface area contributed by atoms with Gasteiger partial charge in [0.1, 0.15) is 23.2 Å². The minimum atomic E-state index is -0.780. The molecule has 0 aliphatic carbocycles. The second kappa shape index (κ2) is 7.15. The van der Waals surface area contributed by atoms with Crippen molar-refractivity contribution in [3.63, 3.8) is 0 Å². The van der Waals surface area contributed by atoms with Crippen LogP contribution in [-0.4, -0.2) is 33.4 Å². The summed E-state index contributed by atoms with van der Waals surface area (Å²) in [6, 6.07) is 2.61. The van der Waals surface area contributed by atoms with Crippen molar-refractivity contribution in [1.29, 1.82) is 0 Å². The van der Waals surface area contributed by atoms with Gasteiger partial charge in [0.25, 0.3) is 0 Å². The first-order valence-corrected chi connectivity index (χ1v) is 7.45. The monoisotopic (exact) mass is 308 g/mol. The van der Waals surface area contributed by atoms with Crippen LogP contribution in [0.25, 0.3) is 0 Å². The molecule has 1 aromatic carbocycles. The molecule has 1 aromatic rings. The molecule has 120 valence electrons. The van der Waals surface area contributed by atoms with Crippen molar-refractivity contribution in [3.8, 4) is 11.5 Å². The average molecular weight is 308 g/mol. The lowest BCUT2D eigenvalue weighted by molar-refractivity contribution is -0.137. The number of rotatable bonds is 7. The maximum atomic E-state index is 11.9. The number of esters is 1. The van der Waals surface area contributed by atoms with E-state index in [0.29, 0.717) is 24.8 Å². The van der Waals surface area contributed by atoms with Gasteiger partial charge in [0.05, 0.1) is 0 Å². The molecule has 0 fully saturated rings. The Balaban J connectivity index is 1.83. The Bertz CT molecular complexity index is 566. The second-order valence-corrected chi connectivity index (χ2v) is 5.58. The number of unbranched alkanes of at least 4 members (excludes halogenated alkanes) is 3. The molecule has 1 aliphatic heterocycles. The predicted molar refractivity (Wildman–Crippen MR) is 78.0 cm³/mol. The average Bonchev–Trinajstić information content (AvgIpc) is 2.41. The summed E-state index contributed by atoms with van der Waals surface area (Å²) < 4.78 is 5.30. The zero-order chi connectivity index (χ0) is 16.1. The lowest BCUT2D eigenvalue weighted by Crippen LogP contribution is -2.27. The van der Waals surface area contributed by atoms with Crippen LogP contribution in [0.2, 0.25) is 0 Å². The normalized spacial score (nSPS) is 16.9. The van der Waals surface area contributed by atoms with Gasteiger partial charge >= 0.3 is 11.9 Å².